The zero-order valence-corrected chi connectivity index (χ0v) is 20.7. The van der Waals surface area contributed by atoms with Gasteiger partial charge in [0.05, 0.1) is 5.56 Å². The molecule has 2 aromatic heterocycles. The van der Waals surface area contributed by atoms with Crippen LogP contribution >= 0.6 is 23.3 Å². The average Bonchev–Trinajstić information content (AvgIpc) is 3.55. The maximum atomic E-state index is 13.1. The van der Waals surface area contributed by atoms with Crippen molar-refractivity contribution in [3.8, 4) is 0 Å². The van der Waals surface area contributed by atoms with Gasteiger partial charge in [0.25, 0.3) is 11.8 Å². The number of hydrogen-bond donors (Lipinski definition) is 3. The number of oxime groups is 1. The summed E-state index contributed by atoms with van der Waals surface area (Å²) in [6.45, 7) is 0.520. The minimum atomic E-state index is -0.982. The van der Waals surface area contributed by atoms with Gasteiger partial charge in [-0.05, 0) is 25.7 Å². The molecule has 2 fully saturated rings. The number of thioether (sulfide) groups is 1. The number of carboxylic acids is 1. The molecule has 0 aromatic carbocycles. The quantitative estimate of drug-likeness (QED) is 0.193. The van der Waals surface area contributed by atoms with Crippen LogP contribution in [0.4, 0.5) is 5.13 Å². The van der Waals surface area contributed by atoms with E-state index in [-0.39, 0.29) is 39.6 Å². The molecule has 1 unspecified atom stereocenters. The van der Waals surface area contributed by atoms with Crippen LogP contribution in [0, 0.1) is 0 Å². The number of carbonyl (C=O) groups is 3. The number of nitrogen functional groups attached to an aromatic ring is 1. The first-order valence-electron chi connectivity index (χ1n) is 11.4. The molecule has 12 nitrogen and oxygen atoms in total. The Bertz CT molecular complexity index is 1240. The van der Waals surface area contributed by atoms with E-state index in [0.29, 0.717) is 12.3 Å². The van der Waals surface area contributed by atoms with E-state index in [1.54, 1.807) is 35.3 Å². The predicted octanol–water partition coefficient (Wildman–Crippen LogP) is 0.753. The highest BCUT2D eigenvalue weighted by molar-refractivity contribution is 8.00. The Hall–Kier alpha value is -3.52. The van der Waals surface area contributed by atoms with Crippen molar-refractivity contribution in [2.75, 3.05) is 11.5 Å². The van der Waals surface area contributed by atoms with Gasteiger partial charge in [0.1, 0.15) is 17.5 Å². The van der Waals surface area contributed by atoms with E-state index >= 15 is 0 Å². The molecule has 2 amide bonds. The van der Waals surface area contributed by atoms with Gasteiger partial charge in [0, 0.05) is 41.2 Å². The van der Waals surface area contributed by atoms with Gasteiger partial charge in [-0.15, -0.1) is 11.8 Å². The summed E-state index contributed by atoms with van der Waals surface area (Å²) >= 11 is 2.49. The highest BCUT2D eigenvalue weighted by atomic mass is 32.2. The van der Waals surface area contributed by atoms with Crippen molar-refractivity contribution in [2.45, 2.75) is 49.7 Å². The fraction of sp³-hybridized carbons (Fsp3) is 0.409. The zero-order valence-electron chi connectivity index (χ0n) is 19.1. The lowest BCUT2D eigenvalue weighted by Gasteiger charge is -2.47. The van der Waals surface area contributed by atoms with Gasteiger partial charge in [-0.3, -0.25) is 9.59 Å². The Morgan fingerprint density at radius 3 is 2.72 bits per heavy atom. The molecule has 2 atom stereocenters. The number of anilines is 1. The van der Waals surface area contributed by atoms with Gasteiger partial charge >= 0.3 is 5.97 Å². The third-order valence-electron chi connectivity index (χ3n) is 6.12. The van der Waals surface area contributed by atoms with E-state index in [0.717, 1.165) is 42.8 Å². The van der Waals surface area contributed by atoms with E-state index in [1.165, 1.54) is 12.1 Å². The molecule has 1 saturated heterocycles. The normalized spacial score (nSPS) is 22.0. The number of hydrogen-bond acceptors (Lipinski definition) is 10. The molecular weight excluding hydrogens is 506 g/mol. The van der Waals surface area contributed by atoms with E-state index in [9.17, 15) is 14.4 Å². The zero-order chi connectivity index (χ0) is 25.2. The summed E-state index contributed by atoms with van der Waals surface area (Å²) in [7, 11) is 0. The van der Waals surface area contributed by atoms with Crippen molar-refractivity contribution < 1.29 is 28.9 Å². The number of amides is 2. The number of β-lactam (4-membered cyclic amide) rings is 1. The van der Waals surface area contributed by atoms with Gasteiger partial charge in [-0.2, -0.15) is 9.36 Å². The van der Waals surface area contributed by atoms with Crippen molar-refractivity contribution >= 4 is 51.9 Å². The van der Waals surface area contributed by atoms with Crippen molar-refractivity contribution in [1.29, 1.82) is 0 Å². The van der Waals surface area contributed by atoms with Gasteiger partial charge < -0.3 is 25.9 Å². The van der Waals surface area contributed by atoms with Crippen LogP contribution in [0.3, 0.4) is 0 Å². The lowest BCUT2D eigenvalue weighted by atomic mass is 10.1. The van der Waals surface area contributed by atoms with Crippen molar-refractivity contribution in [3.63, 3.8) is 0 Å². The summed E-state index contributed by atoms with van der Waals surface area (Å²) < 4.78 is 5.94. The third kappa shape index (κ3) is 5.04. The first kappa shape index (κ1) is 24.2. The minimum Gasteiger partial charge on any atom is -0.478 e. The van der Waals surface area contributed by atoms with Crippen molar-refractivity contribution in [1.82, 2.24) is 19.6 Å². The average molecular weight is 531 g/mol. The summed E-state index contributed by atoms with van der Waals surface area (Å²) in [4.78, 5) is 48.2. The summed E-state index contributed by atoms with van der Waals surface area (Å²) in [6.07, 6.45) is 8.97. The molecular formula is C22H24N7O5S2+. The number of nitrogens with one attached hydrogen (secondary N) is 1. The Kier molecular flexibility index (Phi) is 6.87. The molecule has 36 heavy (non-hydrogen) atoms. The standard InChI is InChI=1S/C22H23N7O5S2/c23-22-25-17(27-36-22)15(26-34-14-3-1-2-4-14)18(30)24-16-19(31)29-10-12(11-35-20(16)29)9-28-7-5-13(6-8-28)21(32)33/h5-8,10,14,16,20H,1-4,9,11H2,(H3-,23,24,25,27,30,32,33)/p+1/t16?,20-/m1/s1. The number of fused-ring (bicyclic) bond motifs is 1. The number of aromatic nitrogens is 3. The molecule has 2 aliphatic heterocycles. The maximum absolute atomic E-state index is 13.1. The van der Waals surface area contributed by atoms with Crippen LogP contribution in [0.15, 0.2) is 41.5 Å². The second-order valence-corrected chi connectivity index (χ2v) is 10.5. The fourth-order valence-electron chi connectivity index (χ4n) is 4.23. The Morgan fingerprint density at radius 1 is 1.31 bits per heavy atom. The van der Waals surface area contributed by atoms with Crippen LogP contribution < -0.4 is 15.6 Å². The van der Waals surface area contributed by atoms with Crippen LogP contribution in [-0.2, 0) is 21.0 Å². The Balaban J connectivity index is 1.23. The van der Waals surface area contributed by atoms with Crippen molar-refractivity contribution in [3.05, 3.63) is 47.7 Å². The SMILES string of the molecule is Nc1nc(C(=NOC2CCCC2)C(=O)NC2C(=O)N3C=C(C[n+]4ccc(C(=O)O)cc4)CS[C@H]23)ns1. The summed E-state index contributed by atoms with van der Waals surface area (Å²) in [6, 6.07) is 2.35. The molecule has 3 aliphatic rings. The number of pyridine rings is 1. The molecule has 4 heterocycles. The van der Waals surface area contributed by atoms with Crippen molar-refractivity contribution in [2.24, 2.45) is 5.16 Å². The predicted molar refractivity (Wildman–Crippen MR) is 131 cm³/mol. The monoisotopic (exact) mass is 530 g/mol. The Labute approximate surface area is 214 Å². The highest BCUT2D eigenvalue weighted by Gasteiger charge is 2.50. The summed E-state index contributed by atoms with van der Waals surface area (Å²) in [5, 5.41) is 15.8. The minimum absolute atomic E-state index is 0.0553. The number of nitrogens with zero attached hydrogens (tertiary/aromatic N) is 5. The molecule has 1 aliphatic carbocycles. The van der Waals surface area contributed by atoms with Crippen LogP contribution in [0.2, 0.25) is 0 Å². The molecule has 4 N–H and O–H groups in total. The number of carboxylic acid groups (broad SMARTS) is 1. The smallest absolute Gasteiger partial charge is 0.336 e. The fourth-order valence-corrected chi connectivity index (χ4v) is 5.92. The molecule has 14 heteroatoms. The number of nitrogens with two attached hydrogens (primary N) is 1. The van der Waals surface area contributed by atoms with Gasteiger partial charge in [0.2, 0.25) is 11.5 Å². The largest absolute Gasteiger partial charge is 0.478 e. The molecule has 1 saturated carbocycles. The lowest BCUT2D eigenvalue weighted by Crippen LogP contribution is -2.69. The number of aromatic carboxylic acids is 1. The second-order valence-electron chi connectivity index (χ2n) is 8.66. The molecule has 188 valence electrons. The third-order valence-corrected chi connectivity index (χ3v) is 8.04. The van der Waals surface area contributed by atoms with E-state index in [4.69, 9.17) is 15.7 Å². The van der Waals surface area contributed by atoms with E-state index in [1.807, 2.05) is 4.57 Å². The number of rotatable bonds is 8. The van der Waals surface area contributed by atoms with E-state index in [2.05, 4.69) is 19.8 Å². The molecule has 0 radical (unpaired) electrons. The molecule has 5 rings (SSSR count). The van der Waals surface area contributed by atoms with Gasteiger partial charge in [-0.25, -0.2) is 9.36 Å². The van der Waals surface area contributed by atoms with Crippen LogP contribution in [0.25, 0.3) is 0 Å². The summed E-state index contributed by atoms with van der Waals surface area (Å²) in [5.74, 6) is -1.07. The second kappa shape index (κ2) is 10.2. The molecule has 2 aromatic rings. The maximum Gasteiger partial charge on any atom is 0.336 e. The topological polar surface area (TPSA) is 164 Å². The number of carbonyl (C=O) groups excluding carboxylic acids is 2. The van der Waals surface area contributed by atoms with E-state index < -0.39 is 17.9 Å². The summed E-state index contributed by atoms with van der Waals surface area (Å²) in [5.41, 5.74) is 6.80. The lowest BCUT2D eigenvalue weighted by molar-refractivity contribution is -0.689. The highest BCUT2D eigenvalue weighted by Crippen LogP contribution is 2.36. The molecule has 0 spiro atoms. The first-order chi connectivity index (χ1) is 17.4. The Morgan fingerprint density at radius 2 is 2.06 bits per heavy atom. The molecule has 0 bridgehead atoms. The van der Waals surface area contributed by atoms with Crippen LogP contribution in [0.1, 0.15) is 41.9 Å². The van der Waals surface area contributed by atoms with Gasteiger partial charge in [-0.1, -0.05) is 5.16 Å². The van der Waals surface area contributed by atoms with Crippen LogP contribution in [-0.4, -0.2) is 66.1 Å². The van der Waals surface area contributed by atoms with Gasteiger partial charge in [0.15, 0.2) is 24.1 Å². The first-order valence-corrected chi connectivity index (χ1v) is 13.2. The van der Waals surface area contributed by atoms with Crippen LogP contribution in [0.5, 0.6) is 0 Å².